The Morgan fingerprint density at radius 3 is 3.00 bits per heavy atom. The predicted molar refractivity (Wildman–Crippen MR) is 46.0 cm³/mol. The summed E-state index contributed by atoms with van der Waals surface area (Å²) in [6.45, 7) is 1.47. The molecular weight excluding hydrogens is 180 g/mol. The highest BCUT2D eigenvalue weighted by molar-refractivity contribution is 6.30. The zero-order valence-electron chi connectivity index (χ0n) is 6.49. The maximum absolute atomic E-state index is 8.87. The van der Waals surface area contributed by atoms with E-state index < -0.39 is 6.29 Å². The summed E-state index contributed by atoms with van der Waals surface area (Å²) in [7, 11) is 0. The zero-order valence-corrected chi connectivity index (χ0v) is 7.25. The molecule has 66 valence electrons. The summed E-state index contributed by atoms with van der Waals surface area (Å²) in [5.41, 5.74) is 5.43. The third-order valence-electron chi connectivity index (χ3n) is 1.15. The summed E-state index contributed by atoms with van der Waals surface area (Å²) in [5, 5.41) is 9.29. The van der Waals surface area contributed by atoms with Crippen LogP contribution in [0.3, 0.4) is 0 Å². The lowest BCUT2D eigenvalue weighted by Gasteiger charge is -2.09. The van der Waals surface area contributed by atoms with Crippen LogP contribution in [0.5, 0.6) is 5.75 Å². The number of nitrogens with zero attached hydrogens (tertiary/aromatic N) is 1. The van der Waals surface area contributed by atoms with Gasteiger partial charge in [0, 0.05) is 12.3 Å². The van der Waals surface area contributed by atoms with Gasteiger partial charge in [-0.25, -0.2) is 4.98 Å². The van der Waals surface area contributed by atoms with Crippen LogP contribution in [0.1, 0.15) is 6.92 Å². The van der Waals surface area contributed by atoms with Crippen molar-refractivity contribution in [1.29, 1.82) is 0 Å². The number of halogens is 1. The van der Waals surface area contributed by atoms with Crippen LogP contribution in [0.4, 0.5) is 5.82 Å². The highest BCUT2D eigenvalue weighted by Crippen LogP contribution is 2.23. The monoisotopic (exact) mass is 188 g/mol. The van der Waals surface area contributed by atoms with Crippen molar-refractivity contribution in [2.45, 2.75) is 13.2 Å². The van der Waals surface area contributed by atoms with Crippen LogP contribution in [-0.2, 0) is 0 Å². The molecule has 12 heavy (non-hydrogen) atoms. The molecule has 0 amide bonds. The molecule has 0 spiro atoms. The van der Waals surface area contributed by atoms with Crippen molar-refractivity contribution in [2.75, 3.05) is 5.73 Å². The molecule has 0 fully saturated rings. The van der Waals surface area contributed by atoms with Crippen molar-refractivity contribution in [3.63, 3.8) is 0 Å². The molecule has 0 saturated carbocycles. The number of hydrogen-bond acceptors (Lipinski definition) is 4. The first-order chi connectivity index (χ1) is 5.59. The Labute approximate surface area is 74.9 Å². The second-order valence-corrected chi connectivity index (χ2v) is 2.69. The van der Waals surface area contributed by atoms with Crippen LogP contribution in [0.15, 0.2) is 12.3 Å². The van der Waals surface area contributed by atoms with Gasteiger partial charge in [0.25, 0.3) is 0 Å². The number of ether oxygens (including phenoxy) is 1. The fourth-order valence-corrected chi connectivity index (χ4v) is 0.857. The first-order valence-electron chi connectivity index (χ1n) is 3.35. The number of nitrogens with two attached hydrogens (primary N) is 1. The Bertz CT molecular complexity index is 278. The van der Waals surface area contributed by atoms with Gasteiger partial charge in [-0.1, -0.05) is 11.6 Å². The quantitative estimate of drug-likeness (QED) is 0.681. The minimum atomic E-state index is -0.924. The molecule has 0 radical (unpaired) electrons. The highest BCUT2D eigenvalue weighted by atomic mass is 35.5. The average molecular weight is 189 g/mol. The lowest BCUT2D eigenvalue weighted by atomic mass is 10.4. The molecule has 1 heterocycles. The van der Waals surface area contributed by atoms with Crippen molar-refractivity contribution >= 4 is 17.4 Å². The minimum Gasteiger partial charge on any atom is -0.462 e. The fraction of sp³-hybridized carbons (Fsp3) is 0.286. The molecule has 1 unspecified atom stereocenters. The second-order valence-electron chi connectivity index (χ2n) is 2.25. The third kappa shape index (κ3) is 2.25. The topological polar surface area (TPSA) is 68.4 Å². The van der Waals surface area contributed by atoms with Gasteiger partial charge in [0.2, 0.25) is 0 Å². The van der Waals surface area contributed by atoms with Crippen molar-refractivity contribution in [3.05, 3.63) is 17.3 Å². The lowest BCUT2D eigenvalue weighted by Crippen LogP contribution is -2.11. The largest absolute Gasteiger partial charge is 0.462 e. The van der Waals surface area contributed by atoms with Crippen molar-refractivity contribution in [3.8, 4) is 5.75 Å². The third-order valence-corrected chi connectivity index (χ3v) is 1.35. The smallest absolute Gasteiger partial charge is 0.194 e. The predicted octanol–water partition coefficient (Wildman–Crippen LogP) is 1.03. The van der Waals surface area contributed by atoms with Crippen LogP contribution < -0.4 is 10.5 Å². The van der Waals surface area contributed by atoms with E-state index in [0.717, 1.165) is 0 Å². The molecule has 1 rings (SSSR count). The first-order valence-corrected chi connectivity index (χ1v) is 3.73. The maximum atomic E-state index is 8.87. The zero-order chi connectivity index (χ0) is 9.14. The number of rotatable bonds is 2. The Morgan fingerprint density at radius 2 is 2.42 bits per heavy atom. The van der Waals surface area contributed by atoms with E-state index in [-0.39, 0.29) is 11.6 Å². The normalized spacial score (nSPS) is 12.6. The first kappa shape index (κ1) is 9.09. The summed E-state index contributed by atoms with van der Waals surface area (Å²) in [4.78, 5) is 3.74. The molecule has 0 aliphatic rings. The standard InChI is InChI=1S/C7H9ClN2O2/c1-4(11)12-6-2-5(8)3-10-7(6)9/h2-4,11H,1H3,(H2,9,10). The van der Waals surface area contributed by atoms with Gasteiger partial charge in [0.1, 0.15) is 0 Å². The van der Waals surface area contributed by atoms with Crippen LogP contribution in [0.25, 0.3) is 0 Å². The van der Waals surface area contributed by atoms with Gasteiger partial charge in [-0.05, 0) is 6.92 Å². The van der Waals surface area contributed by atoms with E-state index in [1.165, 1.54) is 19.2 Å². The Hall–Kier alpha value is -1.00. The molecule has 4 nitrogen and oxygen atoms in total. The summed E-state index contributed by atoms with van der Waals surface area (Å²) in [6, 6.07) is 1.50. The van der Waals surface area contributed by atoms with E-state index in [9.17, 15) is 0 Å². The lowest BCUT2D eigenvalue weighted by molar-refractivity contribution is 0.0000702. The number of hydrogen-bond donors (Lipinski definition) is 2. The summed E-state index contributed by atoms with van der Waals surface area (Å²) in [5.74, 6) is 0.498. The minimum absolute atomic E-state index is 0.209. The number of aromatic nitrogens is 1. The molecule has 0 aliphatic heterocycles. The van der Waals surface area contributed by atoms with Gasteiger partial charge in [-0.15, -0.1) is 0 Å². The number of aliphatic hydroxyl groups excluding tert-OH is 1. The molecule has 1 aromatic rings. The van der Waals surface area contributed by atoms with Crippen molar-refractivity contribution in [1.82, 2.24) is 4.98 Å². The molecule has 5 heteroatoms. The van der Waals surface area contributed by atoms with Crippen LogP contribution >= 0.6 is 11.6 Å². The van der Waals surface area contributed by atoms with Crippen LogP contribution in [0, 0.1) is 0 Å². The molecule has 0 saturated heterocycles. The summed E-state index contributed by atoms with van der Waals surface area (Å²) in [6.07, 6.45) is 0.485. The van der Waals surface area contributed by atoms with Gasteiger partial charge in [0.15, 0.2) is 17.9 Å². The second kappa shape index (κ2) is 3.60. The maximum Gasteiger partial charge on any atom is 0.194 e. The van der Waals surface area contributed by atoms with E-state index in [0.29, 0.717) is 5.02 Å². The Morgan fingerprint density at radius 1 is 1.75 bits per heavy atom. The van der Waals surface area contributed by atoms with Gasteiger partial charge in [-0.3, -0.25) is 0 Å². The van der Waals surface area contributed by atoms with Gasteiger partial charge < -0.3 is 15.6 Å². The van der Waals surface area contributed by atoms with Crippen molar-refractivity contribution in [2.24, 2.45) is 0 Å². The van der Waals surface area contributed by atoms with E-state index in [1.807, 2.05) is 0 Å². The fourth-order valence-electron chi connectivity index (χ4n) is 0.709. The van der Waals surface area contributed by atoms with Gasteiger partial charge in [-0.2, -0.15) is 0 Å². The SMILES string of the molecule is CC(O)Oc1cc(Cl)cnc1N. The van der Waals surface area contributed by atoms with E-state index >= 15 is 0 Å². The Kier molecular flexibility index (Phi) is 2.73. The van der Waals surface area contributed by atoms with Crippen molar-refractivity contribution < 1.29 is 9.84 Å². The van der Waals surface area contributed by atoms with Crippen LogP contribution in [-0.4, -0.2) is 16.4 Å². The number of anilines is 1. The molecular formula is C7H9ClN2O2. The molecule has 1 aromatic heterocycles. The van der Waals surface area contributed by atoms with E-state index in [1.54, 1.807) is 0 Å². The summed E-state index contributed by atoms with van der Waals surface area (Å²) >= 11 is 5.62. The number of aliphatic hydroxyl groups is 1. The molecule has 0 aromatic carbocycles. The van der Waals surface area contributed by atoms with Gasteiger partial charge >= 0.3 is 0 Å². The average Bonchev–Trinajstić information content (AvgIpc) is 1.96. The molecule has 0 bridgehead atoms. The van der Waals surface area contributed by atoms with Crippen LogP contribution in [0.2, 0.25) is 5.02 Å². The Balaban J connectivity index is 2.90. The van der Waals surface area contributed by atoms with E-state index in [4.69, 9.17) is 27.2 Å². The molecule has 0 aliphatic carbocycles. The molecule has 3 N–H and O–H groups in total. The van der Waals surface area contributed by atoms with Gasteiger partial charge in [0.05, 0.1) is 5.02 Å². The number of nitrogen functional groups attached to an aromatic ring is 1. The number of pyridine rings is 1. The summed E-state index contributed by atoms with van der Waals surface area (Å²) < 4.78 is 4.91. The highest BCUT2D eigenvalue weighted by Gasteiger charge is 2.04. The van der Waals surface area contributed by atoms with E-state index in [2.05, 4.69) is 4.98 Å². The molecule has 1 atom stereocenters.